The molecule has 0 atom stereocenters. The number of nitrogens with zero attached hydrogens (tertiary/aromatic N) is 2. The van der Waals surface area contributed by atoms with Crippen molar-refractivity contribution in [1.29, 1.82) is 10.7 Å². The Morgan fingerprint density at radius 3 is 2.90 bits per heavy atom. The SMILES string of the molecule is Cn1ccc(C#N)cc1=N. The molecule has 1 heterocycles. The zero-order valence-corrected chi connectivity index (χ0v) is 5.63. The molecule has 0 aliphatic carbocycles. The third kappa shape index (κ3) is 1.06. The highest BCUT2D eigenvalue weighted by Crippen LogP contribution is 1.88. The van der Waals surface area contributed by atoms with E-state index < -0.39 is 0 Å². The first-order valence-corrected chi connectivity index (χ1v) is 2.85. The van der Waals surface area contributed by atoms with E-state index in [1.807, 2.05) is 6.07 Å². The van der Waals surface area contributed by atoms with Crippen LogP contribution in [0.4, 0.5) is 0 Å². The van der Waals surface area contributed by atoms with Crippen LogP contribution in [0.25, 0.3) is 0 Å². The molecule has 1 rings (SSSR count). The molecule has 1 aromatic rings. The van der Waals surface area contributed by atoms with E-state index in [1.54, 1.807) is 23.9 Å². The summed E-state index contributed by atoms with van der Waals surface area (Å²) in [6.45, 7) is 0. The molecule has 0 unspecified atom stereocenters. The lowest BCUT2D eigenvalue weighted by Gasteiger charge is -1.95. The van der Waals surface area contributed by atoms with Gasteiger partial charge in [0.2, 0.25) is 0 Å². The maximum atomic E-state index is 8.41. The van der Waals surface area contributed by atoms with Crippen LogP contribution in [0.2, 0.25) is 0 Å². The van der Waals surface area contributed by atoms with Crippen molar-refractivity contribution in [2.75, 3.05) is 0 Å². The minimum Gasteiger partial charge on any atom is -0.337 e. The van der Waals surface area contributed by atoms with Gasteiger partial charge in [0, 0.05) is 13.2 Å². The number of nitrogens with one attached hydrogen (secondary N) is 1. The lowest BCUT2D eigenvalue weighted by Crippen LogP contribution is -2.14. The van der Waals surface area contributed by atoms with Crippen LogP contribution in [0.1, 0.15) is 5.56 Å². The molecule has 50 valence electrons. The standard InChI is InChI=1S/C7H7N3/c1-10-3-2-6(5-8)4-7(10)9/h2-4,9H,1H3. The first-order chi connectivity index (χ1) is 4.74. The molecule has 1 aromatic heterocycles. The highest BCUT2D eigenvalue weighted by molar-refractivity contribution is 5.24. The van der Waals surface area contributed by atoms with Crippen molar-refractivity contribution in [3.05, 3.63) is 29.4 Å². The van der Waals surface area contributed by atoms with Crippen molar-refractivity contribution in [1.82, 2.24) is 4.57 Å². The van der Waals surface area contributed by atoms with Gasteiger partial charge in [0.25, 0.3) is 0 Å². The van der Waals surface area contributed by atoms with Crippen LogP contribution in [-0.2, 0) is 7.05 Å². The van der Waals surface area contributed by atoms with Gasteiger partial charge in [-0.05, 0) is 12.1 Å². The topological polar surface area (TPSA) is 52.6 Å². The molecule has 0 bridgehead atoms. The molecule has 3 heteroatoms. The van der Waals surface area contributed by atoms with Gasteiger partial charge in [-0.3, -0.25) is 5.41 Å². The van der Waals surface area contributed by atoms with E-state index in [1.165, 1.54) is 6.07 Å². The van der Waals surface area contributed by atoms with Gasteiger partial charge in [-0.2, -0.15) is 5.26 Å². The Balaban J connectivity index is 3.34. The summed E-state index contributed by atoms with van der Waals surface area (Å²) in [5, 5.41) is 15.7. The number of rotatable bonds is 0. The zero-order valence-electron chi connectivity index (χ0n) is 5.63. The van der Waals surface area contributed by atoms with E-state index in [9.17, 15) is 0 Å². The summed E-state index contributed by atoms with van der Waals surface area (Å²) >= 11 is 0. The van der Waals surface area contributed by atoms with Gasteiger partial charge < -0.3 is 4.57 Å². The van der Waals surface area contributed by atoms with Gasteiger partial charge in [-0.15, -0.1) is 0 Å². The van der Waals surface area contributed by atoms with Crippen molar-refractivity contribution >= 4 is 0 Å². The Morgan fingerprint density at radius 2 is 2.40 bits per heavy atom. The summed E-state index contributed by atoms with van der Waals surface area (Å²) in [7, 11) is 1.77. The monoisotopic (exact) mass is 133 g/mol. The van der Waals surface area contributed by atoms with Gasteiger partial charge >= 0.3 is 0 Å². The number of pyridine rings is 1. The van der Waals surface area contributed by atoms with Gasteiger partial charge in [0.15, 0.2) is 0 Å². The fourth-order valence-corrected chi connectivity index (χ4v) is 0.639. The van der Waals surface area contributed by atoms with Crippen molar-refractivity contribution in [3.8, 4) is 6.07 Å². The third-order valence-corrected chi connectivity index (χ3v) is 1.28. The van der Waals surface area contributed by atoms with E-state index in [2.05, 4.69) is 0 Å². The van der Waals surface area contributed by atoms with Crippen LogP contribution in [0.5, 0.6) is 0 Å². The summed E-state index contributed by atoms with van der Waals surface area (Å²) < 4.78 is 1.64. The largest absolute Gasteiger partial charge is 0.337 e. The second-order valence-corrected chi connectivity index (χ2v) is 2.02. The molecule has 0 aromatic carbocycles. The third-order valence-electron chi connectivity index (χ3n) is 1.28. The normalized spacial score (nSPS) is 8.80. The Morgan fingerprint density at radius 1 is 1.70 bits per heavy atom. The predicted octanol–water partition coefficient (Wildman–Crippen LogP) is 0.376. The van der Waals surface area contributed by atoms with Crippen LogP contribution >= 0.6 is 0 Å². The molecule has 0 radical (unpaired) electrons. The number of aryl methyl sites for hydroxylation is 1. The van der Waals surface area contributed by atoms with Crippen molar-refractivity contribution < 1.29 is 0 Å². The molecule has 0 aliphatic rings. The summed E-state index contributed by atoms with van der Waals surface area (Å²) in [5.41, 5.74) is 0.877. The average molecular weight is 133 g/mol. The molecular weight excluding hydrogens is 126 g/mol. The minimum absolute atomic E-state index is 0.346. The summed E-state index contributed by atoms with van der Waals surface area (Å²) in [6.07, 6.45) is 1.70. The lowest BCUT2D eigenvalue weighted by molar-refractivity contribution is 0.815. The molecule has 0 aliphatic heterocycles. The van der Waals surface area contributed by atoms with Crippen LogP contribution in [0.15, 0.2) is 18.3 Å². The summed E-state index contributed by atoms with van der Waals surface area (Å²) in [4.78, 5) is 0. The number of hydrogen-bond acceptors (Lipinski definition) is 2. The highest BCUT2D eigenvalue weighted by atomic mass is 14.9. The fraction of sp³-hybridized carbons (Fsp3) is 0.143. The van der Waals surface area contributed by atoms with Gasteiger partial charge in [0.05, 0.1) is 11.6 Å². The Kier molecular flexibility index (Phi) is 1.55. The second kappa shape index (κ2) is 2.36. The Bertz CT molecular complexity index is 329. The molecule has 0 amide bonds. The van der Waals surface area contributed by atoms with Crippen molar-refractivity contribution in [2.45, 2.75) is 0 Å². The second-order valence-electron chi connectivity index (χ2n) is 2.02. The van der Waals surface area contributed by atoms with Crippen LogP contribution in [0.3, 0.4) is 0 Å². The Hall–Kier alpha value is -1.56. The molecule has 0 fully saturated rings. The van der Waals surface area contributed by atoms with E-state index in [4.69, 9.17) is 10.7 Å². The molecule has 0 saturated carbocycles. The number of aromatic nitrogens is 1. The molecular formula is C7H7N3. The van der Waals surface area contributed by atoms with Gasteiger partial charge in [-0.25, -0.2) is 0 Å². The first-order valence-electron chi connectivity index (χ1n) is 2.85. The highest BCUT2D eigenvalue weighted by Gasteiger charge is 1.88. The molecule has 10 heavy (non-hydrogen) atoms. The van der Waals surface area contributed by atoms with Crippen molar-refractivity contribution in [2.24, 2.45) is 7.05 Å². The van der Waals surface area contributed by atoms with Crippen LogP contribution in [0, 0.1) is 16.7 Å². The Labute approximate surface area is 58.7 Å². The number of hydrogen-bond donors (Lipinski definition) is 1. The zero-order chi connectivity index (χ0) is 7.56. The smallest absolute Gasteiger partial charge is 0.125 e. The van der Waals surface area contributed by atoms with E-state index in [0.717, 1.165) is 0 Å². The summed E-state index contributed by atoms with van der Waals surface area (Å²) in [6, 6.07) is 5.17. The van der Waals surface area contributed by atoms with Crippen LogP contribution < -0.4 is 5.49 Å². The minimum atomic E-state index is 0.346. The fourth-order valence-electron chi connectivity index (χ4n) is 0.639. The molecule has 3 nitrogen and oxygen atoms in total. The first kappa shape index (κ1) is 6.56. The average Bonchev–Trinajstić information content (AvgIpc) is 1.95. The van der Waals surface area contributed by atoms with Crippen molar-refractivity contribution in [3.63, 3.8) is 0 Å². The summed E-state index contributed by atoms with van der Waals surface area (Å²) in [5.74, 6) is 0. The van der Waals surface area contributed by atoms with E-state index >= 15 is 0 Å². The quantitative estimate of drug-likeness (QED) is 0.546. The van der Waals surface area contributed by atoms with E-state index in [-0.39, 0.29) is 0 Å². The lowest BCUT2D eigenvalue weighted by atomic mass is 10.3. The van der Waals surface area contributed by atoms with E-state index in [0.29, 0.717) is 11.1 Å². The molecule has 1 N–H and O–H groups in total. The molecule has 0 spiro atoms. The predicted molar refractivity (Wildman–Crippen MR) is 36.0 cm³/mol. The maximum Gasteiger partial charge on any atom is 0.125 e. The van der Waals surface area contributed by atoms with Crippen LogP contribution in [-0.4, -0.2) is 4.57 Å². The van der Waals surface area contributed by atoms with Gasteiger partial charge in [0.1, 0.15) is 5.49 Å². The molecule has 0 saturated heterocycles. The van der Waals surface area contributed by atoms with Gasteiger partial charge in [-0.1, -0.05) is 0 Å². The number of nitriles is 1. The maximum absolute atomic E-state index is 8.41.